The third-order valence-electron chi connectivity index (χ3n) is 5.10. The van der Waals surface area contributed by atoms with Gasteiger partial charge in [0.05, 0.1) is 18.3 Å². The molecule has 2 unspecified atom stereocenters. The maximum absolute atomic E-state index is 5.59. The van der Waals surface area contributed by atoms with Gasteiger partial charge in [-0.05, 0) is 63.6 Å². The standard InChI is InChI=1S/C20H31N5OS.HI/c1-21-20(22-14-16(24(2)3)18-8-6-12-26-18)23-15-17(19-9-7-13-27-19)25-10-4-5-11-25;/h6-9,12-13,16-17H,4-5,10-11,14-15H2,1-3H3,(H2,21,22,23);1H. The Bertz CT molecular complexity index is 684. The van der Waals surface area contributed by atoms with Crippen LogP contribution in [0.5, 0.6) is 0 Å². The smallest absolute Gasteiger partial charge is 0.191 e. The second kappa shape index (κ2) is 11.8. The number of thiophene rings is 1. The summed E-state index contributed by atoms with van der Waals surface area (Å²) in [6.07, 6.45) is 4.31. The summed E-state index contributed by atoms with van der Waals surface area (Å²) in [5.74, 6) is 1.78. The molecule has 1 aliphatic heterocycles. The summed E-state index contributed by atoms with van der Waals surface area (Å²) in [6.45, 7) is 3.94. The first kappa shape index (κ1) is 23.2. The van der Waals surface area contributed by atoms with Crippen LogP contribution >= 0.6 is 35.3 Å². The Morgan fingerprint density at radius 1 is 1.21 bits per heavy atom. The van der Waals surface area contributed by atoms with E-state index < -0.39 is 0 Å². The molecule has 2 atom stereocenters. The number of furan rings is 1. The van der Waals surface area contributed by atoms with Gasteiger partial charge >= 0.3 is 0 Å². The van der Waals surface area contributed by atoms with Gasteiger partial charge in [0.15, 0.2) is 5.96 Å². The van der Waals surface area contributed by atoms with Crippen LogP contribution in [0.4, 0.5) is 0 Å². The molecule has 0 amide bonds. The van der Waals surface area contributed by atoms with Crippen LogP contribution in [0.15, 0.2) is 45.3 Å². The van der Waals surface area contributed by atoms with E-state index >= 15 is 0 Å². The minimum Gasteiger partial charge on any atom is -0.468 e. The first-order valence-corrected chi connectivity index (χ1v) is 10.5. The van der Waals surface area contributed by atoms with Gasteiger partial charge in [0, 0.05) is 25.0 Å². The maximum Gasteiger partial charge on any atom is 0.191 e. The van der Waals surface area contributed by atoms with Gasteiger partial charge in [-0.3, -0.25) is 14.8 Å². The number of nitrogens with one attached hydrogen (secondary N) is 2. The number of likely N-dealkylation sites (N-methyl/N-ethyl adjacent to an activating group) is 1. The highest BCUT2D eigenvalue weighted by molar-refractivity contribution is 14.0. The molecular weight excluding hydrogens is 485 g/mol. The van der Waals surface area contributed by atoms with Crippen molar-refractivity contribution in [2.45, 2.75) is 24.9 Å². The quantitative estimate of drug-likeness (QED) is 0.319. The summed E-state index contributed by atoms with van der Waals surface area (Å²) < 4.78 is 5.59. The van der Waals surface area contributed by atoms with Crippen LogP contribution in [0, 0.1) is 0 Å². The Labute approximate surface area is 189 Å². The molecule has 3 heterocycles. The summed E-state index contributed by atoms with van der Waals surface area (Å²) in [7, 11) is 5.94. The molecule has 1 fully saturated rings. The topological polar surface area (TPSA) is 56.0 Å². The third kappa shape index (κ3) is 6.20. The molecule has 6 nitrogen and oxygen atoms in total. The number of hydrogen-bond donors (Lipinski definition) is 2. The highest BCUT2D eigenvalue weighted by Gasteiger charge is 2.24. The summed E-state index contributed by atoms with van der Waals surface area (Å²) in [5.41, 5.74) is 0. The van der Waals surface area contributed by atoms with E-state index in [-0.39, 0.29) is 30.0 Å². The number of hydrogen-bond acceptors (Lipinski definition) is 5. The first-order chi connectivity index (χ1) is 13.2. The second-order valence-corrected chi connectivity index (χ2v) is 8.08. The van der Waals surface area contributed by atoms with E-state index in [9.17, 15) is 0 Å². The van der Waals surface area contributed by atoms with E-state index in [0.717, 1.165) is 24.8 Å². The Hall–Kier alpha value is -1.10. The predicted octanol–water partition coefficient (Wildman–Crippen LogP) is 3.56. The molecule has 0 radical (unpaired) electrons. The van der Waals surface area contributed by atoms with Crippen LogP contribution in [0.3, 0.4) is 0 Å². The lowest BCUT2D eigenvalue weighted by atomic mass is 10.2. The molecule has 8 heteroatoms. The fourth-order valence-electron chi connectivity index (χ4n) is 3.57. The van der Waals surface area contributed by atoms with Crippen molar-refractivity contribution in [3.05, 3.63) is 46.5 Å². The second-order valence-electron chi connectivity index (χ2n) is 7.10. The van der Waals surface area contributed by atoms with Crippen molar-refractivity contribution < 1.29 is 4.42 Å². The molecule has 2 aromatic heterocycles. The number of aliphatic imine (C=N–C) groups is 1. The van der Waals surface area contributed by atoms with Crippen LogP contribution in [-0.4, -0.2) is 63.1 Å². The Morgan fingerprint density at radius 3 is 2.54 bits per heavy atom. The van der Waals surface area contributed by atoms with Crippen molar-refractivity contribution in [2.24, 2.45) is 4.99 Å². The minimum atomic E-state index is 0. The van der Waals surface area contributed by atoms with Crippen LogP contribution in [0.2, 0.25) is 0 Å². The van der Waals surface area contributed by atoms with Crippen molar-refractivity contribution in [1.82, 2.24) is 20.4 Å². The van der Waals surface area contributed by atoms with Gasteiger partial charge in [0.2, 0.25) is 0 Å². The van der Waals surface area contributed by atoms with Crippen LogP contribution in [0.1, 0.15) is 35.6 Å². The lowest BCUT2D eigenvalue weighted by molar-refractivity contribution is 0.247. The zero-order chi connectivity index (χ0) is 19.1. The van der Waals surface area contributed by atoms with E-state index in [2.05, 4.69) is 57.0 Å². The van der Waals surface area contributed by atoms with Crippen molar-refractivity contribution in [2.75, 3.05) is 47.3 Å². The van der Waals surface area contributed by atoms with Crippen molar-refractivity contribution >= 4 is 41.3 Å². The fraction of sp³-hybridized carbons (Fsp3) is 0.550. The molecule has 2 N–H and O–H groups in total. The zero-order valence-corrected chi connectivity index (χ0v) is 20.1. The molecule has 3 rings (SSSR count). The van der Waals surface area contributed by atoms with Gasteiger partial charge in [-0.1, -0.05) is 6.07 Å². The Kier molecular flexibility index (Phi) is 9.76. The number of nitrogens with zero attached hydrogens (tertiary/aromatic N) is 3. The van der Waals surface area contributed by atoms with Gasteiger partial charge in [0.25, 0.3) is 0 Å². The number of likely N-dealkylation sites (tertiary alicyclic amines) is 1. The molecule has 156 valence electrons. The molecule has 0 aliphatic carbocycles. The van der Waals surface area contributed by atoms with Crippen LogP contribution in [-0.2, 0) is 0 Å². The van der Waals surface area contributed by atoms with Gasteiger partial charge in [-0.15, -0.1) is 35.3 Å². The molecule has 0 bridgehead atoms. The van der Waals surface area contributed by atoms with Gasteiger partial charge in [-0.2, -0.15) is 0 Å². The van der Waals surface area contributed by atoms with E-state index in [1.807, 2.05) is 30.5 Å². The lowest BCUT2D eigenvalue weighted by Gasteiger charge is -2.28. The average Bonchev–Trinajstić information content (AvgIpc) is 3.43. The van der Waals surface area contributed by atoms with E-state index in [1.54, 1.807) is 6.26 Å². The molecular formula is C20H32IN5OS. The van der Waals surface area contributed by atoms with Crippen molar-refractivity contribution in [3.63, 3.8) is 0 Å². The van der Waals surface area contributed by atoms with Gasteiger partial charge in [0.1, 0.15) is 5.76 Å². The Balaban J connectivity index is 0.00000280. The predicted molar refractivity (Wildman–Crippen MR) is 128 cm³/mol. The fourth-order valence-corrected chi connectivity index (χ4v) is 4.43. The summed E-state index contributed by atoms with van der Waals surface area (Å²) >= 11 is 1.84. The van der Waals surface area contributed by atoms with Crippen molar-refractivity contribution in [3.8, 4) is 0 Å². The molecule has 0 aromatic carbocycles. The molecule has 0 spiro atoms. The van der Waals surface area contributed by atoms with Crippen LogP contribution in [0.25, 0.3) is 0 Å². The average molecular weight is 517 g/mol. The summed E-state index contributed by atoms with van der Waals surface area (Å²) in [5, 5.41) is 9.14. The largest absolute Gasteiger partial charge is 0.468 e. The highest BCUT2D eigenvalue weighted by Crippen LogP contribution is 2.27. The molecule has 1 saturated heterocycles. The lowest BCUT2D eigenvalue weighted by Crippen LogP contribution is -2.44. The molecule has 0 saturated carbocycles. The number of rotatable bonds is 8. The van der Waals surface area contributed by atoms with Crippen LogP contribution < -0.4 is 10.6 Å². The molecule has 28 heavy (non-hydrogen) atoms. The highest BCUT2D eigenvalue weighted by atomic mass is 127. The molecule has 1 aliphatic rings. The normalized spacial score (nSPS) is 17.4. The Morgan fingerprint density at radius 2 is 1.96 bits per heavy atom. The minimum absolute atomic E-state index is 0. The number of guanidine groups is 1. The monoisotopic (exact) mass is 517 g/mol. The third-order valence-corrected chi connectivity index (χ3v) is 6.07. The SMILES string of the molecule is CN=C(NCC(c1ccco1)N(C)C)NCC(c1cccs1)N1CCCC1.I. The van der Waals surface area contributed by atoms with Crippen molar-refractivity contribution in [1.29, 1.82) is 0 Å². The number of halogens is 1. The van der Waals surface area contributed by atoms with Gasteiger partial charge < -0.3 is 15.1 Å². The van der Waals surface area contributed by atoms with Gasteiger partial charge in [-0.25, -0.2) is 0 Å². The summed E-state index contributed by atoms with van der Waals surface area (Å²) in [6, 6.07) is 8.89. The van der Waals surface area contributed by atoms with E-state index in [1.165, 1.54) is 30.8 Å². The first-order valence-electron chi connectivity index (χ1n) is 9.61. The molecule has 2 aromatic rings. The van der Waals surface area contributed by atoms with E-state index in [0.29, 0.717) is 6.04 Å². The van der Waals surface area contributed by atoms with E-state index in [4.69, 9.17) is 4.42 Å². The zero-order valence-electron chi connectivity index (χ0n) is 16.9. The summed E-state index contributed by atoms with van der Waals surface area (Å²) in [4.78, 5) is 10.6. The maximum atomic E-state index is 5.59.